The van der Waals surface area contributed by atoms with E-state index in [1.54, 1.807) is 13.8 Å². The molecular weight excluding hydrogens is 326 g/mol. The van der Waals surface area contributed by atoms with E-state index in [0.717, 1.165) is 31.3 Å². The number of allylic oxidation sites excluding steroid dienone is 3. The first-order chi connectivity index (χ1) is 12.2. The molecule has 0 aliphatic heterocycles. The predicted molar refractivity (Wildman–Crippen MR) is 109 cm³/mol. The SMILES string of the molecule is CCCCC(C(=O)C(C)=N)C(C)=CCC(C=CCC(=O)OCC)C(C)C. The van der Waals surface area contributed by atoms with Crippen LogP contribution in [0.15, 0.2) is 23.8 Å². The second-order valence-corrected chi connectivity index (χ2v) is 7.21. The molecule has 148 valence electrons. The van der Waals surface area contributed by atoms with Gasteiger partial charge in [-0.2, -0.15) is 0 Å². The Bertz CT molecular complexity index is 517. The fourth-order valence-corrected chi connectivity index (χ4v) is 2.83. The van der Waals surface area contributed by atoms with Crippen molar-refractivity contribution in [1.29, 1.82) is 5.41 Å². The lowest BCUT2D eigenvalue weighted by Crippen LogP contribution is -2.22. The van der Waals surface area contributed by atoms with E-state index in [1.165, 1.54) is 0 Å². The van der Waals surface area contributed by atoms with Crippen molar-refractivity contribution in [1.82, 2.24) is 0 Å². The molecule has 2 atom stereocenters. The van der Waals surface area contributed by atoms with Crippen LogP contribution in [0.4, 0.5) is 0 Å². The van der Waals surface area contributed by atoms with E-state index in [1.807, 2.05) is 13.0 Å². The van der Waals surface area contributed by atoms with Gasteiger partial charge in [-0.15, -0.1) is 0 Å². The van der Waals surface area contributed by atoms with Crippen LogP contribution in [0.25, 0.3) is 0 Å². The monoisotopic (exact) mass is 363 g/mol. The molecule has 0 aliphatic rings. The first kappa shape index (κ1) is 24.3. The highest BCUT2D eigenvalue weighted by atomic mass is 16.5. The molecule has 0 saturated carbocycles. The van der Waals surface area contributed by atoms with Crippen molar-refractivity contribution in [3.63, 3.8) is 0 Å². The minimum Gasteiger partial charge on any atom is -0.466 e. The number of ether oxygens (including phenoxy) is 1. The van der Waals surface area contributed by atoms with Gasteiger partial charge in [0.1, 0.15) is 0 Å². The fraction of sp³-hybridized carbons (Fsp3) is 0.682. The van der Waals surface area contributed by atoms with Gasteiger partial charge in [0.15, 0.2) is 5.78 Å². The zero-order chi connectivity index (χ0) is 20.1. The number of nitrogens with one attached hydrogen (secondary N) is 1. The Morgan fingerprint density at radius 3 is 2.31 bits per heavy atom. The maximum Gasteiger partial charge on any atom is 0.309 e. The Morgan fingerprint density at radius 2 is 1.81 bits per heavy atom. The average molecular weight is 364 g/mol. The lowest BCUT2D eigenvalue weighted by Gasteiger charge is -2.19. The Hall–Kier alpha value is -1.71. The third-order valence-corrected chi connectivity index (χ3v) is 4.62. The fourth-order valence-electron chi connectivity index (χ4n) is 2.83. The molecule has 0 amide bonds. The number of unbranched alkanes of at least 4 members (excludes halogenated alkanes) is 1. The summed E-state index contributed by atoms with van der Waals surface area (Å²) < 4.78 is 4.94. The second kappa shape index (κ2) is 13.5. The van der Waals surface area contributed by atoms with Gasteiger partial charge in [-0.1, -0.05) is 57.4 Å². The lowest BCUT2D eigenvalue weighted by atomic mass is 9.85. The Kier molecular flexibility index (Phi) is 12.6. The normalized spacial score (nSPS) is 14.5. The molecule has 0 rings (SSSR count). The van der Waals surface area contributed by atoms with E-state index in [2.05, 4.69) is 32.9 Å². The lowest BCUT2D eigenvalue weighted by molar-refractivity contribution is -0.142. The van der Waals surface area contributed by atoms with Gasteiger partial charge in [0.2, 0.25) is 0 Å². The molecule has 4 heteroatoms. The van der Waals surface area contributed by atoms with E-state index in [0.29, 0.717) is 24.9 Å². The molecule has 0 heterocycles. The summed E-state index contributed by atoms with van der Waals surface area (Å²) in [4.78, 5) is 23.8. The number of carbonyl (C=O) groups is 2. The standard InChI is InChI=1S/C22H37NO3/c1-7-9-12-20(22(25)18(6)23)17(5)14-15-19(16(3)4)11-10-13-21(24)26-8-2/h10-11,14,16,19-20,23H,7-9,12-13,15H2,1-6H3. The molecular formula is C22H37NO3. The predicted octanol–water partition coefficient (Wildman–Crippen LogP) is 5.52. The molecule has 0 bridgehead atoms. The summed E-state index contributed by atoms with van der Waals surface area (Å²) in [6, 6.07) is 0. The molecule has 0 aromatic carbocycles. The number of ketones is 1. The highest BCUT2D eigenvalue weighted by Gasteiger charge is 2.21. The minimum atomic E-state index is -0.204. The quantitative estimate of drug-likeness (QED) is 0.266. The first-order valence-corrected chi connectivity index (χ1v) is 9.82. The maximum atomic E-state index is 12.3. The maximum absolute atomic E-state index is 12.3. The average Bonchev–Trinajstić information content (AvgIpc) is 2.57. The Morgan fingerprint density at radius 1 is 1.15 bits per heavy atom. The van der Waals surface area contributed by atoms with Gasteiger partial charge in [-0.25, -0.2) is 0 Å². The van der Waals surface area contributed by atoms with Crippen LogP contribution in [0, 0.1) is 23.2 Å². The van der Waals surface area contributed by atoms with Crippen LogP contribution in [0.1, 0.15) is 73.6 Å². The number of hydrogen-bond donors (Lipinski definition) is 1. The molecule has 0 aromatic heterocycles. The van der Waals surface area contributed by atoms with E-state index in [4.69, 9.17) is 10.1 Å². The van der Waals surface area contributed by atoms with Crippen LogP contribution >= 0.6 is 0 Å². The van der Waals surface area contributed by atoms with Crippen LogP contribution in [-0.2, 0) is 14.3 Å². The van der Waals surface area contributed by atoms with Crippen molar-refractivity contribution >= 4 is 17.5 Å². The van der Waals surface area contributed by atoms with Crippen LogP contribution in [0.2, 0.25) is 0 Å². The van der Waals surface area contributed by atoms with Gasteiger partial charge in [-0.3, -0.25) is 9.59 Å². The number of Topliss-reactive ketones (excluding diaryl/α,β-unsaturated/α-hetero) is 1. The summed E-state index contributed by atoms with van der Waals surface area (Å²) in [5.41, 5.74) is 1.19. The summed E-state index contributed by atoms with van der Waals surface area (Å²) in [6.45, 7) is 12.2. The van der Waals surface area contributed by atoms with Crippen LogP contribution < -0.4 is 0 Å². The molecule has 1 N–H and O–H groups in total. The zero-order valence-corrected chi connectivity index (χ0v) is 17.4. The van der Waals surface area contributed by atoms with Crippen molar-refractivity contribution < 1.29 is 14.3 Å². The number of esters is 1. The van der Waals surface area contributed by atoms with Crippen LogP contribution in [-0.4, -0.2) is 24.1 Å². The molecule has 0 aromatic rings. The van der Waals surface area contributed by atoms with Gasteiger partial charge in [-0.05, 0) is 45.4 Å². The second-order valence-electron chi connectivity index (χ2n) is 7.21. The summed E-state index contributed by atoms with van der Waals surface area (Å²) in [6.07, 6.45) is 10.1. The third-order valence-electron chi connectivity index (χ3n) is 4.62. The van der Waals surface area contributed by atoms with Crippen molar-refractivity contribution in [3.05, 3.63) is 23.8 Å². The highest BCUT2D eigenvalue weighted by Crippen LogP contribution is 2.24. The molecule has 2 unspecified atom stereocenters. The van der Waals surface area contributed by atoms with Gasteiger partial charge in [0.05, 0.1) is 18.7 Å². The minimum absolute atomic E-state index is 0.0637. The van der Waals surface area contributed by atoms with Crippen LogP contribution in [0.3, 0.4) is 0 Å². The van der Waals surface area contributed by atoms with E-state index < -0.39 is 0 Å². The van der Waals surface area contributed by atoms with Gasteiger partial charge in [0, 0.05) is 5.92 Å². The summed E-state index contributed by atoms with van der Waals surface area (Å²) in [7, 11) is 0. The molecule has 0 fully saturated rings. The number of rotatable bonds is 13. The van der Waals surface area contributed by atoms with Gasteiger partial charge < -0.3 is 10.1 Å². The number of carbonyl (C=O) groups excluding carboxylic acids is 2. The summed E-state index contributed by atoms with van der Waals surface area (Å²) >= 11 is 0. The van der Waals surface area contributed by atoms with E-state index in [9.17, 15) is 9.59 Å². The summed E-state index contributed by atoms with van der Waals surface area (Å²) in [5.74, 6) is 0.300. The third kappa shape index (κ3) is 9.69. The molecule has 4 nitrogen and oxygen atoms in total. The molecule has 0 spiro atoms. The molecule has 0 radical (unpaired) electrons. The largest absolute Gasteiger partial charge is 0.466 e. The van der Waals surface area contributed by atoms with Crippen molar-refractivity contribution in [2.75, 3.05) is 6.61 Å². The van der Waals surface area contributed by atoms with Crippen molar-refractivity contribution in [2.45, 2.75) is 73.6 Å². The Balaban J connectivity index is 5.02. The van der Waals surface area contributed by atoms with Gasteiger partial charge in [0.25, 0.3) is 0 Å². The van der Waals surface area contributed by atoms with Crippen LogP contribution in [0.5, 0.6) is 0 Å². The topological polar surface area (TPSA) is 67.2 Å². The van der Waals surface area contributed by atoms with Crippen molar-refractivity contribution in [2.24, 2.45) is 17.8 Å². The summed E-state index contributed by atoms with van der Waals surface area (Å²) in [5, 5.41) is 7.68. The Labute approximate surface area is 159 Å². The number of hydrogen-bond acceptors (Lipinski definition) is 4. The zero-order valence-electron chi connectivity index (χ0n) is 17.4. The first-order valence-electron chi connectivity index (χ1n) is 9.82. The molecule has 0 saturated heterocycles. The van der Waals surface area contributed by atoms with E-state index in [-0.39, 0.29) is 23.4 Å². The van der Waals surface area contributed by atoms with Gasteiger partial charge >= 0.3 is 5.97 Å². The van der Waals surface area contributed by atoms with E-state index >= 15 is 0 Å². The highest BCUT2D eigenvalue weighted by molar-refractivity contribution is 6.38. The van der Waals surface area contributed by atoms with Crippen molar-refractivity contribution in [3.8, 4) is 0 Å². The molecule has 0 aliphatic carbocycles. The smallest absolute Gasteiger partial charge is 0.309 e. The molecule has 26 heavy (non-hydrogen) atoms.